The highest BCUT2D eigenvalue weighted by molar-refractivity contribution is 7.07. The van der Waals surface area contributed by atoms with Crippen LogP contribution in [0.3, 0.4) is 0 Å². The van der Waals surface area contributed by atoms with Gasteiger partial charge in [-0.2, -0.15) is 11.3 Å². The summed E-state index contributed by atoms with van der Waals surface area (Å²) in [6.07, 6.45) is 0. The first kappa shape index (κ1) is 7.90. The van der Waals surface area contributed by atoms with Crippen molar-refractivity contribution in [3.05, 3.63) is 33.0 Å². The smallest absolute Gasteiger partial charge is 0.291 e. The lowest BCUT2D eigenvalue weighted by Crippen LogP contribution is -1.81. The monoisotopic (exact) mass is 147 g/mol. The Labute approximate surface area is 55.5 Å². The summed E-state index contributed by atoms with van der Waals surface area (Å²) >= 11 is 1.71. The lowest BCUT2D eigenvalue weighted by Gasteiger charge is -1.56. The lowest BCUT2D eigenvalue weighted by molar-refractivity contribution is -0.742. The molecule has 0 saturated carbocycles. The highest BCUT2D eigenvalue weighted by atomic mass is 32.1. The summed E-state index contributed by atoms with van der Waals surface area (Å²) in [5, 5.41) is 17.7. The van der Waals surface area contributed by atoms with Gasteiger partial charge in [0.25, 0.3) is 5.09 Å². The number of thiophene rings is 1. The van der Waals surface area contributed by atoms with Gasteiger partial charge in [0.2, 0.25) is 0 Å². The van der Waals surface area contributed by atoms with Gasteiger partial charge in [-0.25, -0.2) is 0 Å². The molecule has 0 amide bonds. The zero-order valence-corrected chi connectivity index (χ0v) is 5.25. The van der Waals surface area contributed by atoms with Crippen molar-refractivity contribution in [3.63, 3.8) is 0 Å². The quantitative estimate of drug-likeness (QED) is 0.445. The summed E-state index contributed by atoms with van der Waals surface area (Å²) in [5.74, 6) is 0. The van der Waals surface area contributed by atoms with E-state index in [0.717, 1.165) is 0 Å². The molecule has 1 aromatic rings. The maximum absolute atomic E-state index is 8.36. The first-order valence-corrected chi connectivity index (χ1v) is 2.98. The van der Waals surface area contributed by atoms with E-state index in [1.807, 2.05) is 22.9 Å². The Balaban J connectivity index is 0.000000148. The van der Waals surface area contributed by atoms with Gasteiger partial charge in [0.1, 0.15) is 0 Å². The summed E-state index contributed by atoms with van der Waals surface area (Å²) in [6.45, 7) is 0. The molecule has 1 heterocycles. The zero-order chi connectivity index (χ0) is 7.11. The maximum atomic E-state index is 8.36. The van der Waals surface area contributed by atoms with Gasteiger partial charge in [0, 0.05) is 0 Å². The van der Waals surface area contributed by atoms with Crippen molar-refractivity contribution in [3.8, 4) is 0 Å². The van der Waals surface area contributed by atoms with Gasteiger partial charge in [-0.3, -0.25) is 0 Å². The number of hydrogen-bond donors (Lipinski definition) is 1. The molecular weight excluding hydrogens is 142 g/mol. The van der Waals surface area contributed by atoms with E-state index in [4.69, 9.17) is 15.3 Å². The standard InChI is InChI=1S/C4H4S.HNO3/c1-2-4-5-3-1;2-1(3)4/h1-4H;(H,2,3,4). The van der Waals surface area contributed by atoms with Crippen LogP contribution in [0, 0.1) is 10.1 Å². The topological polar surface area (TPSA) is 63.4 Å². The van der Waals surface area contributed by atoms with Gasteiger partial charge in [-0.05, 0) is 10.8 Å². The van der Waals surface area contributed by atoms with Crippen LogP contribution in [0.4, 0.5) is 0 Å². The van der Waals surface area contributed by atoms with Crippen LogP contribution in [0.2, 0.25) is 0 Å². The summed E-state index contributed by atoms with van der Waals surface area (Å²) in [6, 6.07) is 4.04. The van der Waals surface area contributed by atoms with Crippen molar-refractivity contribution in [2.24, 2.45) is 0 Å². The Morgan fingerprint density at radius 3 is 1.89 bits per heavy atom. The molecule has 0 fully saturated rings. The van der Waals surface area contributed by atoms with E-state index in [1.54, 1.807) is 11.3 Å². The molecule has 5 heteroatoms. The van der Waals surface area contributed by atoms with Crippen LogP contribution < -0.4 is 0 Å². The average Bonchev–Trinajstić information content (AvgIpc) is 2.11. The van der Waals surface area contributed by atoms with Crippen molar-refractivity contribution in [1.82, 2.24) is 0 Å². The third-order valence-corrected chi connectivity index (χ3v) is 1.05. The summed E-state index contributed by atoms with van der Waals surface area (Å²) in [7, 11) is 0. The molecule has 4 nitrogen and oxygen atoms in total. The SMILES string of the molecule is O=[N+]([O-])O.c1ccsc1. The molecule has 0 saturated heterocycles. The molecule has 1 aromatic heterocycles. The fraction of sp³-hybridized carbons (Fsp3) is 0. The van der Waals surface area contributed by atoms with E-state index >= 15 is 0 Å². The molecule has 9 heavy (non-hydrogen) atoms. The van der Waals surface area contributed by atoms with Crippen LogP contribution >= 0.6 is 11.3 Å². The first-order valence-electron chi connectivity index (χ1n) is 2.04. The van der Waals surface area contributed by atoms with Crippen LogP contribution in [-0.4, -0.2) is 10.3 Å². The number of rotatable bonds is 0. The highest BCUT2D eigenvalue weighted by Crippen LogP contribution is 1.91. The van der Waals surface area contributed by atoms with Gasteiger partial charge >= 0.3 is 0 Å². The second-order valence-electron chi connectivity index (χ2n) is 1.03. The number of hydrogen-bond acceptors (Lipinski definition) is 3. The average molecular weight is 147 g/mol. The predicted molar refractivity (Wildman–Crippen MR) is 33.1 cm³/mol. The van der Waals surface area contributed by atoms with Crippen molar-refractivity contribution >= 4 is 11.3 Å². The van der Waals surface area contributed by atoms with E-state index in [1.165, 1.54) is 0 Å². The molecule has 0 aromatic carbocycles. The first-order chi connectivity index (χ1) is 4.23. The van der Waals surface area contributed by atoms with Crippen molar-refractivity contribution in [2.75, 3.05) is 0 Å². The molecule has 0 atom stereocenters. The third-order valence-electron chi connectivity index (χ3n) is 0.425. The maximum Gasteiger partial charge on any atom is 0.291 e. The Hall–Kier alpha value is -1.10. The minimum Gasteiger partial charge on any atom is -0.328 e. The van der Waals surface area contributed by atoms with Crippen molar-refractivity contribution in [2.45, 2.75) is 0 Å². The van der Waals surface area contributed by atoms with Gasteiger partial charge in [0.05, 0.1) is 0 Å². The molecule has 0 unspecified atom stereocenters. The van der Waals surface area contributed by atoms with Gasteiger partial charge in [-0.15, -0.1) is 10.1 Å². The van der Waals surface area contributed by atoms with Gasteiger partial charge < -0.3 is 5.21 Å². The highest BCUT2D eigenvalue weighted by Gasteiger charge is 1.65. The Kier molecular flexibility index (Phi) is 4.43. The fourth-order valence-electron chi connectivity index (χ4n) is 0.227. The van der Waals surface area contributed by atoms with Crippen LogP contribution in [0.25, 0.3) is 0 Å². The van der Waals surface area contributed by atoms with Crippen LogP contribution in [-0.2, 0) is 0 Å². The molecule has 0 aliphatic rings. The summed E-state index contributed by atoms with van der Waals surface area (Å²) in [5.41, 5.74) is 0. The second-order valence-corrected chi connectivity index (χ2v) is 1.85. The zero-order valence-electron chi connectivity index (χ0n) is 4.43. The Bertz CT molecular complexity index is 130. The van der Waals surface area contributed by atoms with Gasteiger partial charge in [0.15, 0.2) is 0 Å². The Morgan fingerprint density at radius 2 is 1.78 bits per heavy atom. The second kappa shape index (κ2) is 5.04. The van der Waals surface area contributed by atoms with E-state index in [9.17, 15) is 0 Å². The molecular formula is C4H5NO3S. The molecule has 0 bridgehead atoms. The van der Waals surface area contributed by atoms with Crippen LogP contribution in [0.5, 0.6) is 0 Å². The molecule has 0 aliphatic heterocycles. The molecule has 1 N–H and O–H groups in total. The molecule has 0 radical (unpaired) electrons. The molecule has 0 aliphatic carbocycles. The van der Waals surface area contributed by atoms with Crippen LogP contribution in [0.15, 0.2) is 22.9 Å². The molecule has 50 valence electrons. The van der Waals surface area contributed by atoms with E-state index in [-0.39, 0.29) is 0 Å². The lowest BCUT2D eigenvalue weighted by atomic mass is 10.7. The van der Waals surface area contributed by atoms with Crippen LogP contribution in [0.1, 0.15) is 0 Å². The fourth-order valence-corrected chi connectivity index (χ4v) is 0.680. The minimum atomic E-state index is -1.50. The minimum absolute atomic E-state index is 1.50. The van der Waals surface area contributed by atoms with E-state index < -0.39 is 5.09 Å². The number of nitrogens with zero attached hydrogens (tertiary/aromatic N) is 1. The van der Waals surface area contributed by atoms with Crippen molar-refractivity contribution < 1.29 is 10.3 Å². The predicted octanol–water partition coefficient (Wildman–Crippen LogP) is 1.40. The largest absolute Gasteiger partial charge is 0.328 e. The van der Waals surface area contributed by atoms with Crippen molar-refractivity contribution in [1.29, 1.82) is 0 Å². The summed E-state index contributed by atoms with van der Waals surface area (Å²) < 4.78 is 0. The molecule has 0 spiro atoms. The Morgan fingerprint density at radius 1 is 1.44 bits per heavy atom. The van der Waals surface area contributed by atoms with E-state index in [0.29, 0.717) is 0 Å². The van der Waals surface area contributed by atoms with E-state index in [2.05, 4.69) is 0 Å². The third kappa shape index (κ3) is 10.9. The summed E-state index contributed by atoms with van der Waals surface area (Å²) in [4.78, 5) is 8.36. The molecule has 1 rings (SSSR count). The normalized spacial score (nSPS) is 7.11. The van der Waals surface area contributed by atoms with Gasteiger partial charge in [-0.1, -0.05) is 12.1 Å².